The number of hydrogen-bond donors (Lipinski definition) is 0. The first-order valence-corrected chi connectivity index (χ1v) is 7.28. The lowest BCUT2D eigenvalue weighted by Gasteiger charge is -2.10. The van der Waals surface area contributed by atoms with Crippen molar-refractivity contribution in [2.24, 2.45) is 0 Å². The fraction of sp³-hybridized carbons (Fsp3) is 0.158. The van der Waals surface area contributed by atoms with E-state index in [4.69, 9.17) is 9.15 Å². The first-order valence-electron chi connectivity index (χ1n) is 7.28. The van der Waals surface area contributed by atoms with Crippen molar-refractivity contribution in [1.82, 2.24) is 0 Å². The summed E-state index contributed by atoms with van der Waals surface area (Å²) in [6, 6.07) is 12.1. The third-order valence-electron chi connectivity index (χ3n) is 3.64. The van der Waals surface area contributed by atoms with E-state index in [1.807, 2.05) is 26.0 Å². The summed E-state index contributed by atoms with van der Waals surface area (Å²) in [6.45, 7) is 5.59. The minimum absolute atomic E-state index is 0.395. The highest BCUT2D eigenvalue weighted by Crippen LogP contribution is 2.30. The molecule has 23 heavy (non-hydrogen) atoms. The Hall–Kier alpha value is -2.88. The van der Waals surface area contributed by atoms with Gasteiger partial charge in [-0.1, -0.05) is 17.7 Å². The van der Waals surface area contributed by atoms with E-state index in [2.05, 4.69) is 0 Å². The molecule has 1 aromatic heterocycles. The van der Waals surface area contributed by atoms with Gasteiger partial charge in [-0.3, -0.25) is 0 Å². The lowest BCUT2D eigenvalue weighted by atomic mass is 10.1. The topological polar surface area (TPSA) is 56.5 Å². The second-order valence-corrected chi connectivity index (χ2v) is 5.64. The number of hydrogen-bond acceptors (Lipinski definition) is 4. The molecule has 1 heterocycles. The fourth-order valence-corrected chi connectivity index (χ4v) is 2.51. The molecule has 0 unspecified atom stereocenters. The van der Waals surface area contributed by atoms with Crippen molar-refractivity contribution in [1.29, 1.82) is 0 Å². The Morgan fingerprint density at radius 3 is 2.35 bits per heavy atom. The molecule has 3 aromatic rings. The van der Waals surface area contributed by atoms with Crippen LogP contribution in [0.1, 0.15) is 27.0 Å². The van der Waals surface area contributed by atoms with E-state index in [1.165, 1.54) is 6.07 Å². The van der Waals surface area contributed by atoms with Crippen molar-refractivity contribution in [3.05, 3.63) is 75.1 Å². The van der Waals surface area contributed by atoms with E-state index >= 15 is 0 Å². The maximum Gasteiger partial charge on any atom is 0.343 e. The summed E-state index contributed by atoms with van der Waals surface area (Å²) in [5.41, 5.74) is 3.10. The van der Waals surface area contributed by atoms with Crippen molar-refractivity contribution in [3.63, 3.8) is 0 Å². The molecule has 0 aliphatic carbocycles. The third kappa shape index (κ3) is 3.01. The van der Waals surface area contributed by atoms with Crippen LogP contribution in [0.5, 0.6) is 5.75 Å². The molecule has 3 rings (SSSR count). The number of aryl methyl sites for hydroxylation is 3. The number of esters is 1. The van der Waals surface area contributed by atoms with Gasteiger partial charge in [0.1, 0.15) is 11.3 Å². The predicted octanol–water partition coefficient (Wildman–Crippen LogP) is 3.94. The highest BCUT2D eigenvalue weighted by Gasteiger charge is 2.14. The number of carbonyl (C=O) groups is 1. The number of benzene rings is 2. The summed E-state index contributed by atoms with van der Waals surface area (Å²) in [5, 5.41) is 0.635. The number of fused-ring (bicyclic) bond motifs is 1. The van der Waals surface area contributed by atoms with Gasteiger partial charge in [0.25, 0.3) is 0 Å². The van der Waals surface area contributed by atoms with E-state index in [9.17, 15) is 9.59 Å². The summed E-state index contributed by atoms with van der Waals surface area (Å²) in [5.74, 6) is -0.0469. The van der Waals surface area contributed by atoms with Gasteiger partial charge >= 0.3 is 11.6 Å². The molecule has 0 saturated heterocycles. The van der Waals surface area contributed by atoms with Gasteiger partial charge in [0.05, 0.1) is 10.9 Å². The van der Waals surface area contributed by atoms with Crippen molar-refractivity contribution in [3.8, 4) is 5.75 Å². The van der Waals surface area contributed by atoms with E-state index < -0.39 is 11.6 Å². The Labute approximate surface area is 133 Å². The van der Waals surface area contributed by atoms with Crippen molar-refractivity contribution >= 4 is 16.9 Å². The molecular formula is C19H16O4. The number of carbonyl (C=O) groups excluding carboxylic acids is 1. The average molecular weight is 308 g/mol. The van der Waals surface area contributed by atoms with Gasteiger partial charge in [0, 0.05) is 6.07 Å². The van der Waals surface area contributed by atoms with Gasteiger partial charge in [0.15, 0.2) is 0 Å². The summed E-state index contributed by atoms with van der Waals surface area (Å²) >= 11 is 0. The lowest BCUT2D eigenvalue weighted by Crippen LogP contribution is -2.09. The van der Waals surface area contributed by atoms with Gasteiger partial charge < -0.3 is 9.15 Å². The van der Waals surface area contributed by atoms with Crippen LogP contribution in [0.3, 0.4) is 0 Å². The summed E-state index contributed by atoms with van der Waals surface area (Å²) in [7, 11) is 0. The van der Waals surface area contributed by atoms with Gasteiger partial charge in [-0.2, -0.15) is 0 Å². The maximum absolute atomic E-state index is 12.3. The van der Waals surface area contributed by atoms with Crippen LogP contribution < -0.4 is 10.4 Å². The Morgan fingerprint density at radius 2 is 1.65 bits per heavy atom. The zero-order chi connectivity index (χ0) is 16.6. The average Bonchev–Trinajstić information content (AvgIpc) is 2.46. The Morgan fingerprint density at radius 1 is 0.957 bits per heavy atom. The Balaban J connectivity index is 2.07. The molecule has 0 radical (unpaired) electrons. The van der Waals surface area contributed by atoms with Gasteiger partial charge in [0.2, 0.25) is 0 Å². The van der Waals surface area contributed by atoms with Crippen LogP contribution >= 0.6 is 0 Å². The second kappa shape index (κ2) is 5.72. The molecule has 0 amide bonds. The molecule has 0 saturated carbocycles. The normalized spacial score (nSPS) is 10.7. The molecule has 0 atom stereocenters. The zero-order valence-electron chi connectivity index (χ0n) is 13.2. The van der Waals surface area contributed by atoms with Crippen LogP contribution in [0.25, 0.3) is 11.0 Å². The maximum atomic E-state index is 12.3. The Kier molecular flexibility index (Phi) is 3.74. The van der Waals surface area contributed by atoms with E-state index in [0.717, 1.165) is 11.1 Å². The molecule has 0 spiro atoms. The highest BCUT2D eigenvalue weighted by atomic mass is 16.5. The molecule has 0 N–H and O–H groups in total. The SMILES string of the molecule is Cc1ccc(C(=O)Oc2cc(C)cc3oc(=O)cc(C)c23)cc1. The minimum atomic E-state index is -0.442. The minimum Gasteiger partial charge on any atom is -0.423 e. The van der Waals surface area contributed by atoms with Crippen molar-refractivity contribution < 1.29 is 13.9 Å². The van der Waals surface area contributed by atoms with Crippen LogP contribution in [-0.2, 0) is 0 Å². The zero-order valence-corrected chi connectivity index (χ0v) is 13.2. The first-order chi connectivity index (χ1) is 10.9. The quantitative estimate of drug-likeness (QED) is 0.409. The highest BCUT2D eigenvalue weighted by molar-refractivity contribution is 5.95. The molecule has 116 valence electrons. The van der Waals surface area contributed by atoms with Crippen molar-refractivity contribution in [2.45, 2.75) is 20.8 Å². The molecule has 4 heteroatoms. The third-order valence-corrected chi connectivity index (χ3v) is 3.64. The first kappa shape index (κ1) is 15.0. The molecular weight excluding hydrogens is 292 g/mol. The van der Waals surface area contributed by atoms with E-state index in [1.54, 1.807) is 31.2 Å². The second-order valence-electron chi connectivity index (χ2n) is 5.64. The number of rotatable bonds is 2. The number of ether oxygens (including phenoxy) is 1. The molecule has 4 nitrogen and oxygen atoms in total. The van der Waals surface area contributed by atoms with E-state index in [0.29, 0.717) is 27.8 Å². The van der Waals surface area contributed by atoms with Crippen molar-refractivity contribution in [2.75, 3.05) is 0 Å². The molecule has 0 bridgehead atoms. The summed E-state index contributed by atoms with van der Waals surface area (Å²) in [6.07, 6.45) is 0. The van der Waals surface area contributed by atoms with Crippen LogP contribution in [0.2, 0.25) is 0 Å². The van der Waals surface area contributed by atoms with Crippen LogP contribution in [0.15, 0.2) is 51.7 Å². The lowest BCUT2D eigenvalue weighted by molar-refractivity contribution is 0.0737. The van der Waals surface area contributed by atoms with Crippen LogP contribution in [-0.4, -0.2) is 5.97 Å². The largest absolute Gasteiger partial charge is 0.423 e. The van der Waals surface area contributed by atoms with Crippen LogP contribution in [0.4, 0.5) is 0 Å². The standard InChI is InChI=1S/C19H16O4/c1-11-4-6-14(7-5-11)19(21)23-16-9-12(2)8-15-18(16)13(3)10-17(20)22-15/h4-10H,1-3H3. The van der Waals surface area contributed by atoms with Gasteiger partial charge in [-0.15, -0.1) is 0 Å². The summed E-state index contributed by atoms with van der Waals surface area (Å²) < 4.78 is 10.8. The van der Waals surface area contributed by atoms with E-state index in [-0.39, 0.29) is 0 Å². The molecule has 0 aliphatic rings. The molecule has 0 aliphatic heterocycles. The smallest absolute Gasteiger partial charge is 0.343 e. The Bertz CT molecular complexity index is 950. The van der Waals surface area contributed by atoms with Gasteiger partial charge in [-0.05, 0) is 56.2 Å². The summed E-state index contributed by atoms with van der Waals surface area (Å²) in [4.78, 5) is 23.9. The van der Waals surface area contributed by atoms with Gasteiger partial charge in [-0.25, -0.2) is 9.59 Å². The monoisotopic (exact) mass is 308 g/mol. The molecule has 2 aromatic carbocycles. The molecule has 0 fully saturated rings. The fourth-order valence-electron chi connectivity index (χ4n) is 2.51. The van der Waals surface area contributed by atoms with Crippen LogP contribution in [0, 0.1) is 20.8 Å². The predicted molar refractivity (Wildman–Crippen MR) is 88.1 cm³/mol.